The summed E-state index contributed by atoms with van der Waals surface area (Å²) in [5, 5.41) is 0.964. The topological polar surface area (TPSA) is 127 Å². The third-order valence-corrected chi connectivity index (χ3v) is 4.43. The minimum Gasteiger partial charge on any atom is -0.397 e. The van der Waals surface area contributed by atoms with Gasteiger partial charge in [0.05, 0.1) is 26.3 Å². The number of halogens is 3. The normalized spacial score (nSPS) is 10.5. The van der Waals surface area contributed by atoms with Crippen LogP contribution < -0.4 is 5.73 Å². The van der Waals surface area contributed by atoms with Crippen molar-refractivity contribution in [2.24, 2.45) is 4.36 Å². The number of anilines is 1. The highest BCUT2D eigenvalue weighted by atomic mass is 35.5. The number of rotatable bonds is 2. The predicted octanol–water partition coefficient (Wildman–Crippen LogP) is 3.86. The third-order valence-electron chi connectivity index (χ3n) is 2.35. The maximum absolute atomic E-state index is 10.7. The number of hydrogen-bond donors (Lipinski definition) is 2. The van der Waals surface area contributed by atoms with E-state index in [2.05, 4.69) is 4.36 Å². The van der Waals surface area contributed by atoms with Gasteiger partial charge in [-0.1, -0.05) is 34.8 Å². The summed E-state index contributed by atoms with van der Waals surface area (Å²) >= 11 is 16.7. The summed E-state index contributed by atoms with van der Waals surface area (Å²) in [6, 6.07) is 7.94. The zero-order valence-corrected chi connectivity index (χ0v) is 15.4. The Morgan fingerprint density at radius 3 is 2.04 bits per heavy atom. The summed E-state index contributed by atoms with van der Waals surface area (Å²) in [5.74, 6) is 0. The van der Waals surface area contributed by atoms with Crippen molar-refractivity contribution in [2.75, 3.05) is 5.73 Å². The lowest BCUT2D eigenvalue weighted by molar-refractivity contribution is 0.483. The molecule has 0 radical (unpaired) electrons. The molecular weight excluding hydrogens is 423 g/mol. The Labute approximate surface area is 154 Å². The van der Waals surface area contributed by atoms with Crippen LogP contribution >= 0.6 is 34.8 Å². The molecule has 0 aliphatic carbocycles. The van der Waals surface area contributed by atoms with Gasteiger partial charge >= 0.3 is 10.5 Å². The molecule has 24 heavy (non-hydrogen) atoms. The molecule has 0 saturated heterocycles. The maximum atomic E-state index is 10.7. The minimum absolute atomic E-state index is 0.0996. The quantitative estimate of drug-likeness (QED) is 0.549. The van der Waals surface area contributed by atoms with Gasteiger partial charge in [0, 0.05) is 5.02 Å². The van der Waals surface area contributed by atoms with E-state index in [1.807, 2.05) is 0 Å². The summed E-state index contributed by atoms with van der Waals surface area (Å²) in [5.41, 5.74) is 5.82. The van der Waals surface area contributed by atoms with Crippen molar-refractivity contribution >= 4 is 66.8 Å². The summed E-state index contributed by atoms with van der Waals surface area (Å²) in [6.07, 6.45) is 0. The van der Waals surface area contributed by atoms with Crippen LogP contribution in [0.5, 0.6) is 0 Å². The van der Waals surface area contributed by atoms with Crippen LogP contribution in [-0.4, -0.2) is 21.4 Å². The second-order valence-corrected chi connectivity index (χ2v) is 7.35. The summed E-state index contributed by atoms with van der Waals surface area (Å²) < 4.78 is 53.5. The number of nitrogens with zero attached hydrogens (tertiary/aromatic N) is 1. The van der Waals surface area contributed by atoms with Crippen molar-refractivity contribution in [3.63, 3.8) is 0 Å². The molecule has 12 heteroatoms. The standard InChI is InChI=1S/C6H5Cl2N.C6H4ClNO5S2/c7-4-1-2-5(8)6(9)3-4;7-5-3-4(15(11,12)13)1-2-6(5)8-14(9)10/h1-3H,9H2;1-3H,(H,11,12,13). The molecule has 0 amide bonds. The molecule has 0 saturated carbocycles. The van der Waals surface area contributed by atoms with Crippen LogP contribution in [0.15, 0.2) is 45.7 Å². The lowest BCUT2D eigenvalue weighted by atomic mass is 10.3. The van der Waals surface area contributed by atoms with Crippen molar-refractivity contribution in [1.29, 1.82) is 0 Å². The van der Waals surface area contributed by atoms with E-state index in [9.17, 15) is 16.8 Å². The van der Waals surface area contributed by atoms with Crippen LogP contribution in [0, 0.1) is 0 Å². The molecule has 3 N–H and O–H groups in total. The van der Waals surface area contributed by atoms with Crippen LogP contribution in [0.25, 0.3) is 0 Å². The molecular formula is C12H9Cl3N2O5S2. The Hall–Kier alpha value is -1.36. The molecule has 0 aromatic heterocycles. The molecule has 0 bridgehead atoms. The second-order valence-electron chi connectivity index (χ2n) is 4.06. The van der Waals surface area contributed by atoms with Crippen molar-refractivity contribution in [1.82, 2.24) is 0 Å². The molecule has 130 valence electrons. The average Bonchev–Trinajstić information content (AvgIpc) is 2.44. The summed E-state index contributed by atoms with van der Waals surface area (Å²) in [6.45, 7) is 0. The molecule has 0 aliphatic rings. The highest BCUT2D eigenvalue weighted by Gasteiger charge is 2.11. The fourth-order valence-corrected chi connectivity index (χ4v) is 2.78. The molecule has 0 aliphatic heterocycles. The van der Waals surface area contributed by atoms with E-state index in [0.29, 0.717) is 15.7 Å². The molecule has 2 rings (SSSR count). The fourth-order valence-electron chi connectivity index (χ4n) is 1.32. The van der Waals surface area contributed by atoms with Gasteiger partial charge in [0.1, 0.15) is 0 Å². The van der Waals surface area contributed by atoms with Crippen molar-refractivity contribution < 1.29 is 21.4 Å². The smallest absolute Gasteiger partial charge is 0.316 e. The van der Waals surface area contributed by atoms with Gasteiger partial charge in [-0.2, -0.15) is 16.8 Å². The third kappa shape index (κ3) is 6.63. The van der Waals surface area contributed by atoms with Gasteiger partial charge in [-0.3, -0.25) is 4.55 Å². The largest absolute Gasteiger partial charge is 0.397 e. The highest BCUT2D eigenvalue weighted by molar-refractivity contribution is 7.85. The van der Waals surface area contributed by atoms with Gasteiger partial charge in [-0.15, -0.1) is 4.36 Å². The number of nitrogen functional groups attached to an aromatic ring is 1. The first-order valence-electron chi connectivity index (χ1n) is 5.79. The van der Waals surface area contributed by atoms with E-state index in [0.717, 1.165) is 18.2 Å². The number of hydrogen-bond acceptors (Lipinski definition) is 6. The first kappa shape index (κ1) is 20.7. The molecule has 0 spiro atoms. The van der Waals surface area contributed by atoms with Crippen LogP contribution in [0.2, 0.25) is 15.1 Å². The van der Waals surface area contributed by atoms with Crippen molar-refractivity contribution in [2.45, 2.75) is 4.90 Å². The van der Waals surface area contributed by atoms with E-state index in [1.165, 1.54) is 0 Å². The molecule has 0 atom stereocenters. The van der Waals surface area contributed by atoms with Gasteiger partial charge in [0.25, 0.3) is 10.1 Å². The molecule has 2 aromatic rings. The highest BCUT2D eigenvalue weighted by Crippen LogP contribution is 2.27. The number of benzene rings is 2. The van der Waals surface area contributed by atoms with Gasteiger partial charge in [-0.25, -0.2) is 0 Å². The van der Waals surface area contributed by atoms with E-state index in [4.69, 9.17) is 45.1 Å². The van der Waals surface area contributed by atoms with Crippen LogP contribution in [-0.2, 0) is 20.6 Å². The van der Waals surface area contributed by atoms with Crippen LogP contribution in [0.3, 0.4) is 0 Å². The molecule has 7 nitrogen and oxygen atoms in total. The summed E-state index contributed by atoms with van der Waals surface area (Å²) in [4.78, 5) is -0.428. The van der Waals surface area contributed by atoms with Gasteiger partial charge in [0.15, 0.2) is 0 Å². The van der Waals surface area contributed by atoms with Crippen LogP contribution in [0.4, 0.5) is 11.4 Å². The lowest BCUT2D eigenvalue weighted by Gasteiger charge is -1.98. The Morgan fingerprint density at radius 2 is 1.62 bits per heavy atom. The first-order valence-corrected chi connectivity index (χ1v) is 9.40. The zero-order chi connectivity index (χ0) is 18.5. The van der Waals surface area contributed by atoms with Crippen molar-refractivity contribution in [3.8, 4) is 0 Å². The lowest BCUT2D eigenvalue weighted by Crippen LogP contribution is -1.97. The second kappa shape index (κ2) is 8.65. The van der Waals surface area contributed by atoms with E-state index in [-0.39, 0.29) is 10.7 Å². The minimum atomic E-state index is -4.35. The Balaban J connectivity index is 0.000000272. The van der Waals surface area contributed by atoms with Gasteiger partial charge < -0.3 is 5.73 Å². The summed E-state index contributed by atoms with van der Waals surface area (Å²) in [7, 11) is -7.03. The molecule has 2 aromatic carbocycles. The molecule has 0 fully saturated rings. The first-order chi connectivity index (χ1) is 11.0. The Morgan fingerprint density at radius 1 is 1.00 bits per heavy atom. The van der Waals surface area contributed by atoms with Crippen LogP contribution in [0.1, 0.15) is 0 Å². The Kier molecular flexibility index (Phi) is 7.46. The molecule has 0 heterocycles. The zero-order valence-electron chi connectivity index (χ0n) is 11.5. The SMILES string of the molecule is Nc1cc(Cl)ccc1Cl.O=S(=O)=Nc1ccc(S(=O)(=O)O)cc1Cl. The van der Waals surface area contributed by atoms with Gasteiger partial charge in [0.2, 0.25) is 0 Å². The number of nitrogens with two attached hydrogens (primary N) is 1. The van der Waals surface area contributed by atoms with E-state index < -0.39 is 25.5 Å². The Bertz CT molecular complexity index is 984. The fraction of sp³-hybridized carbons (Fsp3) is 0. The molecule has 0 unspecified atom stereocenters. The van der Waals surface area contributed by atoms with Crippen molar-refractivity contribution in [3.05, 3.63) is 51.5 Å². The average molecular weight is 432 g/mol. The van der Waals surface area contributed by atoms with E-state index >= 15 is 0 Å². The van der Waals surface area contributed by atoms with E-state index in [1.54, 1.807) is 18.2 Å². The van der Waals surface area contributed by atoms with Gasteiger partial charge in [-0.05, 0) is 36.4 Å². The maximum Gasteiger partial charge on any atom is 0.316 e. The monoisotopic (exact) mass is 430 g/mol. The predicted molar refractivity (Wildman–Crippen MR) is 93.1 cm³/mol.